The number of thiophene rings is 1. The number of nitrogens with one attached hydrogen (secondary N) is 1. The smallest absolute Gasteiger partial charge is 0.433 e. The molecule has 2 aromatic carbocycles. The molecule has 11 nitrogen and oxygen atoms in total. The van der Waals surface area contributed by atoms with Gasteiger partial charge in [-0.2, -0.15) is 18.3 Å². The zero-order chi connectivity index (χ0) is 31.1. The van der Waals surface area contributed by atoms with Crippen molar-refractivity contribution in [2.45, 2.75) is 12.9 Å². The van der Waals surface area contributed by atoms with Crippen molar-refractivity contribution in [1.82, 2.24) is 14.8 Å². The van der Waals surface area contributed by atoms with E-state index in [9.17, 15) is 37.3 Å². The molecule has 0 saturated carbocycles. The summed E-state index contributed by atoms with van der Waals surface area (Å²) in [5.41, 5.74) is 3.72. The number of nitrogens with zero attached hydrogens (tertiary/aromatic N) is 4. The highest BCUT2D eigenvalue weighted by Crippen LogP contribution is 2.43. The van der Waals surface area contributed by atoms with Crippen LogP contribution in [0.5, 0.6) is 5.75 Å². The number of anilines is 1. The second kappa shape index (κ2) is 11.3. The van der Waals surface area contributed by atoms with E-state index in [1.54, 1.807) is 0 Å². The number of ether oxygens (including phenoxy) is 1. The molecule has 0 unspecified atom stereocenters. The average molecular weight is 635 g/mol. The monoisotopic (exact) mass is 634 g/mol. The van der Waals surface area contributed by atoms with Crippen molar-refractivity contribution in [1.29, 1.82) is 0 Å². The number of hydrogen-bond donors (Lipinski definition) is 2. The Kier molecular flexibility index (Phi) is 7.72. The van der Waals surface area contributed by atoms with Gasteiger partial charge in [0.15, 0.2) is 12.4 Å². The number of nitro benzene ring substituents is 1. The highest BCUT2D eigenvalue weighted by Gasteiger charge is 2.35. The number of alkyl halides is 3. The maximum atomic E-state index is 13.7. The van der Waals surface area contributed by atoms with Crippen LogP contribution in [0.1, 0.15) is 25.9 Å². The van der Waals surface area contributed by atoms with E-state index in [0.29, 0.717) is 11.3 Å². The molecule has 2 amide bonds. The van der Waals surface area contributed by atoms with Gasteiger partial charge in [-0.25, -0.2) is 14.1 Å². The number of carbonyl (C=O) groups is 2. The second-order valence-corrected chi connectivity index (χ2v) is 10.2. The van der Waals surface area contributed by atoms with Crippen molar-refractivity contribution in [2.24, 2.45) is 5.73 Å². The van der Waals surface area contributed by atoms with Crippen LogP contribution in [0.15, 0.2) is 60.8 Å². The van der Waals surface area contributed by atoms with E-state index < -0.39 is 34.4 Å². The first-order valence-electron chi connectivity index (χ1n) is 11.8. The summed E-state index contributed by atoms with van der Waals surface area (Å²) in [7, 11) is 0. The summed E-state index contributed by atoms with van der Waals surface area (Å²) in [6.45, 7) is -0.252. The third-order valence-electron chi connectivity index (χ3n) is 5.92. The van der Waals surface area contributed by atoms with Crippen molar-refractivity contribution >= 4 is 56.3 Å². The summed E-state index contributed by atoms with van der Waals surface area (Å²) in [6, 6.07) is 10.2. The lowest BCUT2D eigenvalue weighted by atomic mass is 10.0. The van der Waals surface area contributed by atoms with Crippen molar-refractivity contribution in [3.05, 3.63) is 98.0 Å². The van der Waals surface area contributed by atoms with E-state index in [1.807, 2.05) is 0 Å². The van der Waals surface area contributed by atoms with E-state index in [2.05, 4.69) is 15.4 Å². The first-order chi connectivity index (χ1) is 20.3. The lowest BCUT2D eigenvalue weighted by molar-refractivity contribution is -0.384. The Labute approximate surface area is 246 Å². The molecule has 3 heterocycles. The molecule has 43 heavy (non-hydrogen) atoms. The molecule has 0 aliphatic rings. The normalized spacial score (nSPS) is 11.5. The number of fused-ring (bicyclic) bond motifs is 1. The predicted octanol–water partition coefficient (Wildman–Crippen LogP) is 6.27. The molecule has 0 aliphatic carbocycles. The third kappa shape index (κ3) is 6.09. The van der Waals surface area contributed by atoms with Gasteiger partial charge >= 0.3 is 6.18 Å². The molecule has 0 spiro atoms. The maximum absolute atomic E-state index is 13.7. The summed E-state index contributed by atoms with van der Waals surface area (Å²) in [5.74, 6) is -2.39. The molecule has 0 atom stereocenters. The zero-order valence-corrected chi connectivity index (χ0v) is 22.8. The number of carbonyl (C=O) groups excluding carboxylic acids is 2. The number of halogens is 5. The van der Waals surface area contributed by atoms with E-state index >= 15 is 0 Å². The van der Waals surface area contributed by atoms with Crippen LogP contribution in [0.4, 0.5) is 28.9 Å². The molecule has 220 valence electrons. The predicted molar refractivity (Wildman–Crippen MR) is 147 cm³/mol. The number of rotatable bonds is 8. The number of amides is 2. The Morgan fingerprint density at radius 2 is 1.86 bits per heavy atom. The van der Waals surface area contributed by atoms with Crippen LogP contribution in [0.3, 0.4) is 0 Å². The van der Waals surface area contributed by atoms with Crippen LogP contribution in [-0.2, 0) is 12.9 Å². The summed E-state index contributed by atoms with van der Waals surface area (Å²) in [5, 5.41) is 17.4. The molecule has 5 aromatic rings. The Bertz CT molecular complexity index is 1910. The Balaban J connectivity index is 1.48. The van der Waals surface area contributed by atoms with Crippen LogP contribution in [0.25, 0.3) is 21.3 Å². The maximum Gasteiger partial charge on any atom is 0.433 e. The van der Waals surface area contributed by atoms with Gasteiger partial charge in [-0.3, -0.25) is 19.7 Å². The van der Waals surface area contributed by atoms with Crippen LogP contribution in [0, 0.1) is 15.9 Å². The highest BCUT2D eigenvalue weighted by molar-refractivity contribution is 7.21. The largest absolute Gasteiger partial charge is 0.470 e. The molecule has 3 aromatic heterocycles. The Morgan fingerprint density at radius 1 is 1.14 bits per heavy atom. The van der Waals surface area contributed by atoms with Crippen molar-refractivity contribution < 1.29 is 36.8 Å². The van der Waals surface area contributed by atoms with Crippen molar-refractivity contribution in [3.8, 4) is 16.9 Å². The van der Waals surface area contributed by atoms with Crippen molar-refractivity contribution in [2.75, 3.05) is 5.32 Å². The van der Waals surface area contributed by atoms with Gasteiger partial charge in [-0.05, 0) is 41.5 Å². The van der Waals surface area contributed by atoms with Crippen LogP contribution < -0.4 is 15.8 Å². The molecule has 0 fully saturated rings. The van der Waals surface area contributed by atoms with Gasteiger partial charge in [-0.1, -0.05) is 23.7 Å². The second-order valence-electron chi connectivity index (χ2n) is 8.75. The van der Waals surface area contributed by atoms with E-state index in [4.69, 9.17) is 22.1 Å². The summed E-state index contributed by atoms with van der Waals surface area (Å²) < 4.78 is 61.4. The van der Waals surface area contributed by atoms with E-state index in [1.165, 1.54) is 41.2 Å². The molecule has 0 bridgehead atoms. The van der Waals surface area contributed by atoms with Gasteiger partial charge in [0.1, 0.15) is 27.0 Å². The van der Waals surface area contributed by atoms with Crippen LogP contribution in [-0.4, -0.2) is 31.5 Å². The topological polar surface area (TPSA) is 155 Å². The van der Waals surface area contributed by atoms with Gasteiger partial charge in [0.05, 0.1) is 15.6 Å². The SMILES string of the molecule is NC(=O)c1sc2nc(C(F)(F)F)cc(-c3ccc(F)cc3)c2c1NC(=O)c1ccn(COc2ccc([N+](=O)[O-])cc2Cl)n1. The lowest BCUT2D eigenvalue weighted by Gasteiger charge is -2.12. The number of nitrogens with two attached hydrogens (primary N) is 1. The molecular formula is C26H15ClF4N6O5S. The van der Waals surface area contributed by atoms with Gasteiger partial charge < -0.3 is 15.8 Å². The number of benzene rings is 2. The minimum absolute atomic E-state index is 0.0117. The molecular weight excluding hydrogens is 620 g/mol. The number of aromatic nitrogens is 3. The van der Waals surface area contributed by atoms with Crippen LogP contribution in [0.2, 0.25) is 5.02 Å². The van der Waals surface area contributed by atoms with Gasteiger partial charge in [0, 0.05) is 23.7 Å². The Morgan fingerprint density at radius 3 is 2.49 bits per heavy atom. The van der Waals surface area contributed by atoms with E-state index in [0.717, 1.165) is 24.3 Å². The fourth-order valence-electron chi connectivity index (χ4n) is 3.98. The molecule has 0 saturated heterocycles. The standard InChI is InChI=1S/C26H15ClF4N6O5S/c27-16-9-14(37(40)41)5-6-18(16)42-11-36-8-7-17(35-36)24(39)34-21-20-15(12-1-3-13(28)4-2-12)10-19(26(29,30)31)33-25(20)43-22(21)23(32)38/h1-10H,11H2,(H2,32,38)(H,34,39). The number of nitro groups is 1. The number of hydrogen-bond acceptors (Lipinski definition) is 8. The first-order valence-corrected chi connectivity index (χ1v) is 13.0. The lowest BCUT2D eigenvalue weighted by Crippen LogP contribution is -2.18. The summed E-state index contributed by atoms with van der Waals surface area (Å²) in [6.07, 6.45) is -3.48. The number of pyridine rings is 1. The van der Waals surface area contributed by atoms with Gasteiger partial charge in [-0.15, -0.1) is 11.3 Å². The van der Waals surface area contributed by atoms with Crippen LogP contribution >= 0.6 is 22.9 Å². The zero-order valence-electron chi connectivity index (χ0n) is 21.2. The third-order valence-corrected chi connectivity index (χ3v) is 7.32. The highest BCUT2D eigenvalue weighted by atomic mass is 35.5. The van der Waals surface area contributed by atoms with Gasteiger partial charge in [0.25, 0.3) is 17.5 Å². The molecule has 0 aliphatic heterocycles. The van der Waals surface area contributed by atoms with Gasteiger partial charge in [0.2, 0.25) is 0 Å². The fourth-order valence-corrected chi connectivity index (χ4v) is 5.22. The quantitative estimate of drug-likeness (QED) is 0.116. The fraction of sp³-hybridized carbons (Fsp3) is 0.0769. The average Bonchev–Trinajstić information content (AvgIpc) is 3.57. The number of non-ortho nitro benzene ring substituents is 1. The molecule has 5 rings (SSSR count). The summed E-state index contributed by atoms with van der Waals surface area (Å²) in [4.78, 5) is 38.9. The first kappa shape index (κ1) is 29.4. The van der Waals surface area contributed by atoms with Crippen molar-refractivity contribution in [3.63, 3.8) is 0 Å². The molecule has 17 heteroatoms. The summed E-state index contributed by atoms with van der Waals surface area (Å²) >= 11 is 6.57. The number of primary amides is 1. The Hall–Kier alpha value is -5.09. The molecule has 3 N–H and O–H groups in total. The minimum atomic E-state index is -4.85. The minimum Gasteiger partial charge on any atom is -0.470 e. The molecule has 0 radical (unpaired) electrons. The van der Waals surface area contributed by atoms with E-state index in [-0.39, 0.29) is 60.8 Å².